The number of fused-ring (bicyclic) bond motifs is 1. The lowest BCUT2D eigenvalue weighted by Crippen LogP contribution is -2.49. The number of unbranched alkanes of at least 4 members (excludes halogenated alkanes) is 2. The molecule has 1 aromatic carbocycles. The predicted octanol–water partition coefficient (Wildman–Crippen LogP) is 5.61. The van der Waals surface area contributed by atoms with Crippen LogP contribution in [-0.4, -0.2) is 68.0 Å². The van der Waals surface area contributed by atoms with E-state index < -0.39 is 35.4 Å². The number of amides is 2. The van der Waals surface area contributed by atoms with Crippen molar-refractivity contribution < 1.29 is 24.2 Å². The van der Waals surface area contributed by atoms with Crippen molar-refractivity contribution in [3.05, 3.63) is 60.6 Å². The minimum atomic E-state index is -1.39. The van der Waals surface area contributed by atoms with Crippen LogP contribution >= 0.6 is 11.3 Å². The van der Waals surface area contributed by atoms with E-state index in [0.29, 0.717) is 40.6 Å². The molecule has 2 aliphatic rings. The summed E-state index contributed by atoms with van der Waals surface area (Å²) in [6.07, 6.45) is 6.29. The highest BCUT2D eigenvalue weighted by Crippen LogP contribution is 2.46. The Labute approximate surface area is 267 Å². The fourth-order valence-electron chi connectivity index (χ4n) is 6.05. The maximum Gasteiger partial charge on any atom is 0.330 e. The van der Waals surface area contributed by atoms with E-state index in [1.807, 2.05) is 35.7 Å². The minimum Gasteiger partial charge on any atom is -0.479 e. The number of carboxylic acids is 1. The molecule has 0 spiro atoms. The number of carbonyl (C=O) groups is 3. The van der Waals surface area contributed by atoms with Gasteiger partial charge in [-0.25, -0.2) is 14.8 Å². The number of nitrogens with one attached hydrogen (secondary N) is 1. The van der Waals surface area contributed by atoms with Gasteiger partial charge in [-0.3, -0.25) is 9.59 Å². The number of allylic oxidation sites excluding steroid dienone is 1. The highest BCUT2D eigenvalue weighted by Gasteiger charge is 2.61. The molecule has 0 saturated heterocycles. The first kappa shape index (κ1) is 32.3. The molecule has 10 nitrogen and oxygen atoms in total. The number of benzene rings is 1. The topological polar surface area (TPSA) is 135 Å². The standard InChI is InChI=1S/C34H41N5O5S/c1-6-8-9-12-15-39(5)32(41)25-17-22(16-24(25)29(40)38-34(33(42)43)18-21(34)7-2)44-30-23-13-10-11-14-26(23)35-28(37-30)31-36-27(19-45-31)20(3)4/h6-7,10-11,13-14,19-22,24-25H,1-2,8-9,12,15-18H2,3-5H3,(H,38,40)(H,42,43)/t21-,22-,24-,25-,34-/m1/s1. The molecule has 5 atom stereocenters. The molecule has 45 heavy (non-hydrogen) atoms. The largest absolute Gasteiger partial charge is 0.479 e. The number of rotatable bonds is 14. The summed E-state index contributed by atoms with van der Waals surface area (Å²) in [5.74, 6) is -2.43. The Bertz CT molecular complexity index is 1600. The molecule has 2 heterocycles. The molecule has 0 aliphatic heterocycles. The number of hydrogen-bond donors (Lipinski definition) is 2. The molecule has 11 heteroatoms. The van der Waals surface area contributed by atoms with Gasteiger partial charge in [-0.05, 0) is 56.6 Å². The van der Waals surface area contributed by atoms with Crippen molar-refractivity contribution in [2.75, 3.05) is 13.6 Å². The molecule has 0 bridgehead atoms. The zero-order valence-corrected chi connectivity index (χ0v) is 26.9. The second-order valence-corrected chi connectivity index (χ2v) is 13.2. The van der Waals surface area contributed by atoms with Gasteiger partial charge < -0.3 is 20.1 Å². The second-order valence-electron chi connectivity index (χ2n) is 12.4. The summed E-state index contributed by atoms with van der Waals surface area (Å²) in [6, 6.07) is 7.55. The molecule has 2 aliphatic carbocycles. The van der Waals surface area contributed by atoms with E-state index in [1.165, 1.54) is 11.3 Å². The van der Waals surface area contributed by atoms with Gasteiger partial charge in [0.25, 0.3) is 0 Å². The van der Waals surface area contributed by atoms with Crippen LogP contribution in [0.5, 0.6) is 5.88 Å². The van der Waals surface area contributed by atoms with Crippen LogP contribution in [0.15, 0.2) is 55.0 Å². The maximum atomic E-state index is 13.8. The Hall–Kier alpha value is -4.12. The minimum absolute atomic E-state index is 0.155. The number of carbonyl (C=O) groups excluding carboxylic acids is 2. The third kappa shape index (κ3) is 6.78. The Kier molecular flexibility index (Phi) is 9.67. The van der Waals surface area contributed by atoms with Gasteiger partial charge in [0.15, 0.2) is 10.8 Å². The number of carboxylic acid groups (broad SMARTS) is 1. The molecule has 0 unspecified atom stereocenters. The van der Waals surface area contributed by atoms with Crippen molar-refractivity contribution in [2.45, 2.75) is 69.9 Å². The SMILES string of the molecule is C=CCCCCN(C)C(=O)[C@@H]1C[C@H](Oc2nc(-c3nc(C(C)C)cs3)nc3ccccc23)C[C@H]1C(=O)N[C@]1(C(=O)O)C[C@H]1C=C. The zero-order chi connectivity index (χ0) is 32.3. The van der Waals surface area contributed by atoms with E-state index in [2.05, 4.69) is 32.3 Å². The van der Waals surface area contributed by atoms with Crippen molar-refractivity contribution in [2.24, 2.45) is 17.8 Å². The summed E-state index contributed by atoms with van der Waals surface area (Å²) in [6.45, 7) is 12.2. The Balaban J connectivity index is 1.42. The average Bonchev–Trinajstić information content (AvgIpc) is 3.32. The Morgan fingerprint density at radius 2 is 1.91 bits per heavy atom. The molecule has 238 valence electrons. The van der Waals surface area contributed by atoms with E-state index in [-0.39, 0.29) is 30.6 Å². The lowest BCUT2D eigenvalue weighted by atomic mass is 9.93. The average molecular weight is 632 g/mol. The molecular formula is C34H41N5O5S. The Morgan fingerprint density at radius 3 is 2.58 bits per heavy atom. The number of para-hydroxylation sites is 1. The Morgan fingerprint density at radius 1 is 1.16 bits per heavy atom. The first-order valence-electron chi connectivity index (χ1n) is 15.5. The molecule has 0 radical (unpaired) electrons. The highest BCUT2D eigenvalue weighted by molar-refractivity contribution is 7.13. The highest BCUT2D eigenvalue weighted by atomic mass is 32.1. The number of ether oxygens (including phenoxy) is 1. The number of thiazole rings is 1. The molecule has 2 saturated carbocycles. The van der Waals surface area contributed by atoms with Crippen molar-refractivity contribution in [3.8, 4) is 16.7 Å². The number of aliphatic carboxylic acids is 1. The van der Waals surface area contributed by atoms with Crippen LogP contribution in [0.3, 0.4) is 0 Å². The van der Waals surface area contributed by atoms with E-state index in [4.69, 9.17) is 19.7 Å². The summed E-state index contributed by atoms with van der Waals surface area (Å²) in [5, 5.41) is 16.1. The molecular weight excluding hydrogens is 590 g/mol. The first-order valence-corrected chi connectivity index (χ1v) is 16.4. The maximum absolute atomic E-state index is 13.8. The van der Waals surface area contributed by atoms with Crippen LogP contribution in [0.2, 0.25) is 0 Å². The van der Waals surface area contributed by atoms with Gasteiger partial charge in [-0.1, -0.05) is 38.1 Å². The molecule has 5 rings (SSSR count). The third-order valence-corrected chi connectivity index (χ3v) is 9.74. The van der Waals surface area contributed by atoms with Gasteiger partial charge in [0, 0.05) is 24.9 Å². The van der Waals surface area contributed by atoms with Crippen LogP contribution < -0.4 is 10.1 Å². The van der Waals surface area contributed by atoms with Gasteiger partial charge in [-0.15, -0.1) is 24.5 Å². The van der Waals surface area contributed by atoms with Crippen LogP contribution in [0.25, 0.3) is 21.7 Å². The van der Waals surface area contributed by atoms with Crippen molar-refractivity contribution >= 4 is 40.0 Å². The monoisotopic (exact) mass is 631 g/mol. The van der Waals surface area contributed by atoms with E-state index in [9.17, 15) is 19.5 Å². The third-order valence-electron chi connectivity index (χ3n) is 8.88. The van der Waals surface area contributed by atoms with Gasteiger partial charge in [0.2, 0.25) is 17.7 Å². The fraction of sp³-hybridized carbons (Fsp3) is 0.471. The van der Waals surface area contributed by atoms with Gasteiger partial charge >= 0.3 is 5.97 Å². The summed E-state index contributed by atoms with van der Waals surface area (Å²) in [7, 11) is 1.75. The number of hydrogen-bond acceptors (Lipinski definition) is 8. The summed E-state index contributed by atoms with van der Waals surface area (Å²) >= 11 is 1.47. The van der Waals surface area contributed by atoms with E-state index in [1.54, 1.807) is 18.0 Å². The summed E-state index contributed by atoms with van der Waals surface area (Å²) in [5.41, 5.74) is 0.273. The van der Waals surface area contributed by atoms with E-state index in [0.717, 1.165) is 25.0 Å². The summed E-state index contributed by atoms with van der Waals surface area (Å²) < 4.78 is 6.53. The van der Waals surface area contributed by atoms with Crippen molar-refractivity contribution in [1.29, 1.82) is 0 Å². The molecule has 2 N–H and O–H groups in total. The summed E-state index contributed by atoms with van der Waals surface area (Å²) in [4.78, 5) is 55.5. The van der Waals surface area contributed by atoms with Gasteiger partial charge in [-0.2, -0.15) is 4.98 Å². The van der Waals surface area contributed by atoms with Crippen molar-refractivity contribution in [1.82, 2.24) is 25.2 Å². The fourth-order valence-corrected chi connectivity index (χ4v) is 6.97. The smallest absolute Gasteiger partial charge is 0.330 e. The molecule has 2 aromatic heterocycles. The van der Waals surface area contributed by atoms with Crippen LogP contribution in [0.1, 0.15) is 64.0 Å². The van der Waals surface area contributed by atoms with Crippen molar-refractivity contribution in [3.63, 3.8) is 0 Å². The number of nitrogens with zero attached hydrogens (tertiary/aromatic N) is 4. The van der Waals surface area contributed by atoms with Crippen LogP contribution in [0.4, 0.5) is 0 Å². The molecule has 3 aromatic rings. The lowest BCUT2D eigenvalue weighted by Gasteiger charge is -2.25. The van der Waals surface area contributed by atoms with Crippen LogP contribution in [0, 0.1) is 17.8 Å². The second kappa shape index (κ2) is 13.5. The lowest BCUT2D eigenvalue weighted by molar-refractivity contribution is -0.145. The molecule has 2 amide bonds. The molecule has 2 fully saturated rings. The van der Waals surface area contributed by atoms with Gasteiger partial charge in [0.05, 0.1) is 28.4 Å². The van der Waals surface area contributed by atoms with E-state index >= 15 is 0 Å². The number of aromatic nitrogens is 3. The predicted molar refractivity (Wildman–Crippen MR) is 174 cm³/mol. The van der Waals surface area contributed by atoms with Gasteiger partial charge in [0.1, 0.15) is 11.6 Å². The first-order chi connectivity index (χ1) is 21.6. The normalized spacial score (nSPS) is 23.9. The quantitative estimate of drug-likeness (QED) is 0.173. The zero-order valence-electron chi connectivity index (χ0n) is 26.1. The van der Waals surface area contributed by atoms with Crippen LogP contribution in [-0.2, 0) is 14.4 Å².